The van der Waals surface area contributed by atoms with E-state index in [0.717, 1.165) is 44.0 Å². The molecule has 6 aromatic rings. The number of aromatic nitrogens is 2. The van der Waals surface area contributed by atoms with Gasteiger partial charge in [0.1, 0.15) is 11.5 Å². The van der Waals surface area contributed by atoms with Crippen molar-refractivity contribution < 1.29 is 14.3 Å². The first-order valence-corrected chi connectivity index (χ1v) is 11.2. The Kier molecular flexibility index (Phi) is 4.95. The average molecular weight is 463 g/mol. The molecular formula is C28H21N3O4. The number of para-hydroxylation sites is 1. The lowest BCUT2D eigenvalue weighted by molar-refractivity contribution is -0.123. The number of rotatable bonds is 6. The number of nitrogens with zero attached hydrogens (tertiary/aromatic N) is 2. The highest BCUT2D eigenvalue weighted by Gasteiger charge is 2.18. The molecule has 6 rings (SSSR count). The summed E-state index contributed by atoms with van der Waals surface area (Å²) in [6.07, 6.45) is 1.76. The maximum absolute atomic E-state index is 13.3. The number of hydrogen-bond acceptors (Lipinski definition) is 5. The lowest BCUT2D eigenvalue weighted by Gasteiger charge is -2.10. The van der Waals surface area contributed by atoms with Gasteiger partial charge in [0.25, 0.3) is 11.5 Å². The molecule has 7 heteroatoms. The van der Waals surface area contributed by atoms with Gasteiger partial charge >= 0.3 is 0 Å². The first kappa shape index (κ1) is 20.9. The zero-order chi connectivity index (χ0) is 23.9. The molecule has 172 valence electrons. The molecular weight excluding hydrogens is 442 g/mol. The lowest BCUT2D eigenvalue weighted by Crippen LogP contribution is -2.28. The Morgan fingerprint density at radius 1 is 0.943 bits per heavy atom. The number of amides is 1. The molecule has 0 aliphatic rings. The third kappa shape index (κ3) is 3.40. The summed E-state index contributed by atoms with van der Waals surface area (Å²) >= 11 is 0. The van der Waals surface area contributed by atoms with E-state index in [1.165, 1.54) is 0 Å². The van der Waals surface area contributed by atoms with Crippen LogP contribution in [-0.2, 0) is 11.3 Å². The third-order valence-corrected chi connectivity index (χ3v) is 6.30. The van der Waals surface area contributed by atoms with Crippen molar-refractivity contribution in [2.24, 2.45) is 0 Å². The molecule has 0 atom stereocenters. The quantitative estimate of drug-likeness (QED) is 0.373. The molecule has 0 radical (unpaired) electrons. The van der Waals surface area contributed by atoms with E-state index in [1.807, 2.05) is 66.7 Å². The monoisotopic (exact) mass is 463 g/mol. The van der Waals surface area contributed by atoms with Gasteiger partial charge in [0.05, 0.1) is 23.7 Å². The van der Waals surface area contributed by atoms with Gasteiger partial charge in [0.15, 0.2) is 6.61 Å². The summed E-state index contributed by atoms with van der Waals surface area (Å²) < 4.78 is 12.8. The highest BCUT2D eigenvalue weighted by molar-refractivity contribution is 6.18. The van der Waals surface area contributed by atoms with Crippen molar-refractivity contribution in [3.05, 3.63) is 94.9 Å². The van der Waals surface area contributed by atoms with Gasteiger partial charge < -0.3 is 14.8 Å². The third-order valence-electron chi connectivity index (χ3n) is 6.30. The number of ether oxygens (including phenoxy) is 2. The zero-order valence-corrected chi connectivity index (χ0v) is 18.9. The Labute approximate surface area is 199 Å². The van der Waals surface area contributed by atoms with Crippen LogP contribution in [-0.4, -0.2) is 29.0 Å². The molecule has 0 unspecified atom stereocenters. The van der Waals surface area contributed by atoms with Crippen LogP contribution in [0.4, 0.5) is 0 Å². The average Bonchev–Trinajstić information content (AvgIpc) is 3.24. The fourth-order valence-electron chi connectivity index (χ4n) is 4.68. The second-order valence-corrected chi connectivity index (χ2v) is 8.30. The first-order valence-electron chi connectivity index (χ1n) is 11.2. The van der Waals surface area contributed by atoms with E-state index in [4.69, 9.17) is 9.47 Å². The maximum atomic E-state index is 13.3. The molecule has 3 aromatic carbocycles. The molecule has 0 aliphatic carbocycles. The SMILES string of the molecule is COc1ccccc1CNC(=O)COc1ccc2c(c1)c1ccnc3c4ccccc4c(=O)n2c13. The first-order chi connectivity index (χ1) is 17.2. The topological polar surface area (TPSA) is 81.9 Å². The standard InChI is InChI=1S/C28H21N3O4/c1-34-24-9-5-2-6-17(24)15-30-25(32)16-35-18-10-11-23-22(14-18)20-12-13-29-26-19-7-3-4-8-21(19)28(33)31(23)27(20)26/h2-14H,15-16H2,1H3,(H,30,32). The van der Waals surface area contributed by atoms with Gasteiger partial charge in [-0.1, -0.05) is 36.4 Å². The molecule has 1 amide bonds. The van der Waals surface area contributed by atoms with Crippen molar-refractivity contribution in [3.63, 3.8) is 0 Å². The van der Waals surface area contributed by atoms with Crippen molar-refractivity contribution in [2.45, 2.75) is 6.54 Å². The number of hydrogen-bond donors (Lipinski definition) is 1. The van der Waals surface area contributed by atoms with E-state index in [2.05, 4.69) is 10.3 Å². The number of benzene rings is 3. The minimum absolute atomic E-state index is 0.0783. The number of carbonyl (C=O) groups is 1. The fourth-order valence-corrected chi connectivity index (χ4v) is 4.68. The summed E-state index contributed by atoms with van der Waals surface area (Å²) in [5.41, 5.74) is 3.16. The predicted molar refractivity (Wildman–Crippen MR) is 136 cm³/mol. The van der Waals surface area contributed by atoms with Crippen LogP contribution in [0.15, 0.2) is 83.8 Å². The molecule has 0 spiro atoms. The number of fused-ring (bicyclic) bond motifs is 5. The van der Waals surface area contributed by atoms with Crippen LogP contribution in [0.2, 0.25) is 0 Å². The molecule has 7 nitrogen and oxygen atoms in total. The zero-order valence-electron chi connectivity index (χ0n) is 18.9. The summed E-state index contributed by atoms with van der Waals surface area (Å²) in [7, 11) is 1.60. The number of pyridine rings is 2. The second kappa shape index (κ2) is 8.29. The molecule has 0 aliphatic heterocycles. The Hall–Kier alpha value is -4.65. The molecule has 3 aromatic heterocycles. The minimum atomic E-state index is -0.242. The summed E-state index contributed by atoms with van der Waals surface area (Å²) in [4.78, 5) is 30.3. The van der Waals surface area contributed by atoms with Crippen LogP contribution >= 0.6 is 0 Å². The van der Waals surface area contributed by atoms with Crippen LogP contribution < -0.4 is 20.3 Å². The Morgan fingerprint density at radius 2 is 1.74 bits per heavy atom. The van der Waals surface area contributed by atoms with Gasteiger partial charge in [-0.05, 0) is 36.4 Å². The van der Waals surface area contributed by atoms with Crippen LogP contribution in [0.5, 0.6) is 11.5 Å². The molecule has 0 saturated carbocycles. The van der Waals surface area contributed by atoms with Crippen molar-refractivity contribution in [1.82, 2.24) is 14.7 Å². The number of nitrogens with one attached hydrogen (secondary N) is 1. The van der Waals surface area contributed by atoms with Crippen molar-refractivity contribution >= 4 is 44.0 Å². The van der Waals surface area contributed by atoms with Crippen molar-refractivity contribution in [3.8, 4) is 11.5 Å². The predicted octanol–water partition coefficient (Wildman–Crippen LogP) is 4.30. The van der Waals surface area contributed by atoms with Crippen molar-refractivity contribution in [1.29, 1.82) is 0 Å². The van der Waals surface area contributed by atoms with Gasteiger partial charge in [-0.25, -0.2) is 0 Å². The summed E-state index contributed by atoms with van der Waals surface area (Å²) in [5, 5.41) is 6.11. The fraction of sp³-hybridized carbons (Fsp3) is 0.107. The van der Waals surface area contributed by atoms with E-state index in [0.29, 0.717) is 17.7 Å². The molecule has 3 heterocycles. The van der Waals surface area contributed by atoms with Crippen LogP contribution in [0.3, 0.4) is 0 Å². The van der Waals surface area contributed by atoms with Gasteiger partial charge in [0, 0.05) is 39.8 Å². The van der Waals surface area contributed by atoms with Crippen molar-refractivity contribution in [2.75, 3.05) is 13.7 Å². The Bertz CT molecular complexity index is 1790. The highest BCUT2D eigenvalue weighted by atomic mass is 16.5. The molecule has 0 bridgehead atoms. The van der Waals surface area contributed by atoms with Gasteiger partial charge in [0.2, 0.25) is 0 Å². The Balaban J connectivity index is 1.31. The minimum Gasteiger partial charge on any atom is -0.496 e. The summed E-state index contributed by atoms with van der Waals surface area (Å²) in [6.45, 7) is 0.216. The van der Waals surface area contributed by atoms with Gasteiger partial charge in [-0.3, -0.25) is 19.0 Å². The van der Waals surface area contributed by atoms with E-state index in [9.17, 15) is 9.59 Å². The summed E-state index contributed by atoms with van der Waals surface area (Å²) in [5.74, 6) is 1.03. The molecule has 0 saturated heterocycles. The van der Waals surface area contributed by atoms with Crippen LogP contribution in [0.25, 0.3) is 38.1 Å². The Morgan fingerprint density at radius 3 is 2.60 bits per heavy atom. The molecule has 1 N–H and O–H groups in total. The second-order valence-electron chi connectivity index (χ2n) is 8.30. The maximum Gasteiger partial charge on any atom is 0.263 e. The number of methoxy groups -OCH3 is 1. The largest absolute Gasteiger partial charge is 0.496 e. The molecule has 0 fully saturated rings. The number of carbonyl (C=O) groups excluding carboxylic acids is 1. The van der Waals surface area contributed by atoms with E-state index in [1.54, 1.807) is 23.8 Å². The smallest absolute Gasteiger partial charge is 0.263 e. The van der Waals surface area contributed by atoms with Crippen LogP contribution in [0.1, 0.15) is 5.56 Å². The highest BCUT2D eigenvalue weighted by Crippen LogP contribution is 2.34. The lowest BCUT2D eigenvalue weighted by atomic mass is 10.1. The van der Waals surface area contributed by atoms with Gasteiger partial charge in [-0.2, -0.15) is 0 Å². The van der Waals surface area contributed by atoms with E-state index >= 15 is 0 Å². The van der Waals surface area contributed by atoms with Gasteiger partial charge in [-0.15, -0.1) is 0 Å². The molecule has 35 heavy (non-hydrogen) atoms. The van der Waals surface area contributed by atoms with E-state index in [-0.39, 0.29) is 18.1 Å². The van der Waals surface area contributed by atoms with Crippen LogP contribution in [0, 0.1) is 0 Å². The summed E-state index contributed by atoms with van der Waals surface area (Å²) in [6, 6.07) is 22.5. The normalized spacial score (nSPS) is 11.5. The van der Waals surface area contributed by atoms with E-state index < -0.39 is 0 Å².